The summed E-state index contributed by atoms with van der Waals surface area (Å²) in [6.45, 7) is 7.93. The average Bonchev–Trinajstić information content (AvgIpc) is 2.71. The first-order valence-corrected chi connectivity index (χ1v) is 7.40. The fraction of sp³-hybridized carbons (Fsp3) is 0.714. The summed E-state index contributed by atoms with van der Waals surface area (Å²) in [7, 11) is 0. The predicted octanol–water partition coefficient (Wildman–Crippen LogP) is 4.10. The lowest BCUT2D eigenvalue weighted by molar-refractivity contribution is 0.387. The van der Waals surface area contributed by atoms with Crippen molar-refractivity contribution < 1.29 is 0 Å². The molecular formula is C14H25NS. The fourth-order valence-corrected chi connectivity index (χ4v) is 3.08. The van der Waals surface area contributed by atoms with Crippen molar-refractivity contribution >= 4 is 11.3 Å². The molecule has 2 heteroatoms. The second kappa shape index (κ2) is 7.86. The van der Waals surface area contributed by atoms with Crippen LogP contribution < -0.4 is 5.32 Å². The molecule has 2 unspecified atom stereocenters. The molecule has 0 saturated heterocycles. The molecule has 0 bridgehead atoms. The lowest BCUT2D eigenvalue weighted by Crippen LogP contribution is -2.32. The molecule has 1 N–H and O–H groups in total. The van der Waals surface area contributed by atoms with E-state index in [0.717, 1.165) is 12.5 Å². The summed E-state index contributed by atoms with van der Waals surface area (Å²) in [5.74, 6) is 0.842. The maximum absolute atomic E-state index is 3.62. The Hall–Kier alpha value is -0.340. The van der Waals surface area contributed by atoms with Gasteiger partial charge in [-0.05, 0) is 36.8 Å². The van der Waals surface area contributed by atoms with Crippen LogP contribution in [-0.2, 0) is 6.42 Å². The molecule has 1 nitrogen and oxygen atoms in total. The van der Waals surface area contributed by atoms with Gasteiger partial charge in [0.05, 0.1) is 0 Å². The summed E-state index contributed by atoms with van der Waals surface area (Å²) >= 11 is 1.88. The van der Waals surface area contributed by atoms with E-state index < -0.39 is 0 Å². The molecule has 1 aromatic heterocycles. The molecule has 0 aliphatic rings. The third kappa shape index (κ3) is 5.13. The highest BCUT2D eigenvalue weighted by Gasteiger charge is 2.12. The highest BCUT2D eigenvalue weighted by Crippen LogP contribution is 2.18. The van der Waals surface area contributed by atoms with E-state index in [1.807, 2.05) is 11.3 Å². The zero-order valence-corrected chi connectivity index (χ0v) is 11.6. The van der Waals surface area contributed by atoms with Gasteiger partial charge in [0, 0.05) is 10.9 Å². The van der Waals surface area contributed by atoms with Gasteiger partial charge >= 0.3 is 0 Å². The van der Waals surface area contributed by atoms with Gasteiger partial charge in [0.1, 0.15) is 0 Å². The third-order valence-corrected chi connectivity index (χ3v) is 3.89. The Balaban J connectivity index is 2.40. The molecule has 0 aromatic carbocycles. The molecule has 0 saturated carbocycles. The Morgan fingerprint density at radius 3 is 2.75 bits per heavy atom. The normalized spacial score (nSPS) is 14.9. The maximum atomic E-state index is 3.62. The van der Waals surface area contributed by atoms with E-state index in [1.54, 1.807) is 0 Å². The summed E-state index contributed by atoms with van der Waals surface area (Å²) in [5.41, 5.74) is 0. The van der Waals surface area contributed by atoms with Crippen LogP contribution >= 0.6 is 11.3 Å². The first-order chi connectivity index (χ1) is 7.76. The monoisotopic (exact) mass is 239 g/mol. The van der Waals surface area contributed by atoms with E-state index in [0.29, 0.717) is 6.04 Å². The van der Waals surface area contributed by atoms with E-state index in [4.69, 9.17) is 0 Å². The summed E-state index contributed by atoms with van der Waals surface area (Å²) in [6.07, 6.45) is 5.16. The van der Waals surface area contributed by atoms with Crippen molar-refractivity contribution in [3.05, 3.63) is 22.4 Å². The number of nitrogens with one attached hydrogen (secondary N) is 1. The van der Waals surface area contributed by atoms with Crippen molar-refractivity contribution in [2.75, 3.05) is 6.54 Å². The SMILES string of the molecule is CCCC(C)CC(Cc1cccs1)NCC. The maximum Gasteiger partial charge on any atom is 0.0118 e. The Morgan fingerprint density at radius 2 is 2.19 bits per heavy atom. The summed E-state index contributed by atoms with van der Waals surface area (Å²) in [5, 5.41) is 5.79. The van der Waals surface area contributed by atoms with Crippen LogP contribution in [-0.4, -0.2) is 12.6 Å². The smallest absolute Gasteiger partial charge is 0.0118 e. The van der Waals surface area contributed by atoms with Gasteiger partial charge in [-0.2, -0.15) is 0 Å². The molecule has 0 aliphatic heterocycles. The Morgan fingerprint density at radius 1 is 1.38 bits per heavy atom. The Kier molecular flexibility index (Phi) is 6.74. The van der Waals surface area contributed by atoms with E-state index >= 15 is 0 Å². The van der Waals surface area contributed by atoms with Crippen LogP contribution in [0.5, 0.6) is 0 Å². The van der Waals surface area contributed by atoms with Crippen molar-refractivity contribution in [2.45, 2.75) is 52.5 Å². The second-order valence-corrected chi connectivity index (χ2v) is 5.70. The number of rotatable bonds is 8. The first-order valence-electron chi connectivity index (χ1n) is 6.52. The average molecular weight is 239 g/mol. The van der Waals surface area contributed by atoms with Crippen LogP contribution in [0.15, 0.2) is 17.5 Å². The van der Waals surface area contributed by atoms with Crippen molar-refractivity contribution in [3.8, 4) is 0 Å². The molecule has 1 aromatic rings. The van der Waals surface area contributed by atoms with Gasteiger partial charge in [-0.25, -0.2) is 0 Å². The van der Waals surface area contributed by atoms with E-state index in [9.17, 15) is 0 Å². The summed E-state index contributed by atoms with van der Waals surface area (Å²) < 4.78 is 0. The van der Waals surface area contributed by atoms with Gasteiger partial charge in [-0.15, -0.1) is 11.3 Å². The number of likely N-dealkylation sites (N-methyl/N-ethyl adjacent to an activating group) is 1. The minimum atomic E-state index is 0.658. The number of hydrogen-bond acceptors (Lipinski definition) is 2. The van der Waals surface area contributed by atoms with Crippen molar-refractivity contribution in [3.63, 3.8) is 0 Å². The lowest BCUT2D eigenvalue weighted by Gasteiger charge is -2.21. The van der Waals surface area contributed by atoms with Gasteiger partial charge in [-0.1, -0.05) is 39.7 Å². The lowest BCUT2D eigenvalue weighted by atomic mass is 9.95. The van der Waals surface area contributed by atoms with E-state index in [1.165, 1.54) is 30.6 Å². The quantitative estimate of drug-likeness (QED) is 0.720. The molecular weight excluding hydrogens is 214 g/mol. The molecule has 16 heavy (non-hydrogen) atoms. The first kappa shape index (κ1) is 13.7. The largest absolute Gasteiger partial charge is 0.314 e. The topological polar surface area (TPSA) is 12.0 Å². The third-order valence-electron chi connectivity index (χ3n) is 2.99. The second-order valence-electron chi connectivity index (χ2n) is 4.67. The molecule has 1 rings (SSSR count). The van der Waals surface area contributed by atoms with Crippen LogP contribution in [0.4, 0.5) is 0 Å². The van der Waals surface area contributed by atoms with Crippen LogP contribution in [0.3, 0.4) is 0 Å². The molecule has 2 atom stereocenters. The molecule has 0 radical (unpaired) electrons. The minimum Gasteiger partial charge on any atom is -0.314 e. The summed E-state index contributed by atoms with van der Waals surface area (Å²) in [4.78, 5) is 1.51. The van der Waals surface area contributed by atoms with Crippen LogP contribution in [0.25, 0.3) is 0 Å². The molecule has 0 fully saturated rings. The molecule has 0 amide bonds. The summed E-state index contributed by atoms with van der Waals surface area (Å²) in [6, 6.07) is 5.06. The van der Waals surface area contributed by atoms with Crippen molar-refractivity contribution in [1.29, 1.82) is 0 Å². The molecule has 0 aliphatic carbocycles. The molecule has 92 valence electrons. The van der Waals surface area contributed by atoms with Gasteiger partial charge in [0.2, 0.25) is 0 Å². The highest BCUT2D eigenvalue weighted by atomic mass is 32.1. The standard InChI is InChI=1S/C14H25NS/c1-4-7-12(3)10-13(15-5-2)11-14-8-6-9-16-14/h6,8-9,12-13,15H,4-5,7,10-11H2,1-3H3. The Bertz CT molecular complexity index is 256. The van der Waals surface area contributed by atoms with Gasteiger partial charge in [0.15, 0.2) is 0 Å². The van der Waals surface area contributed by atoms with Gasteiger partial charge < -0.3 is 5.32 Å². The van der Waals surface area contributed by atoms with Crippen molar-refractivity contribution in [2.24, 2.45) is 5.92 Å². The molecule has 0 spiro atoms. The minimum absolute atomic E-state index is 0.658. The van der Waals surface area contributed by atoms with E-state index in [2.05, 4.69) is 43.6 Å². The van der Waals surface area contributed by atoms with Crippen molar-refractivity contribution in [1.82, 2.24) is 5.32 Å². The van der Waals surface area contributed by atoms with Gasteiger partial charge in [0.25, 0.3) is 0 Å². The van der Waals surface area contributed by atoms with Crippen LogP contribution in [0.1, 0.15) is 44.9 Å². The van der Waals surface area contributed by atoms with Gasteiger partial charge in [-0.3, -0.25) is 0 Å². The van der Waals surface area contributed by atoms with E-state index in [-0.39, 0.29) is 0 Å². The number of hydrogen-bond donors (Lipinski definition) is 1. The van der Waals surface area contributed by atoms with Crippen LogP contribution in [0.2, 0.25) is 0 Å². The zero-order chi connectivity index (χ0) is 11.8. The number of thiophene rings is 1. The Labute approximate surface area is 104 Å². The van der Waals surface area contributed by atoms with Crippen LogP contribution in [0, 0.1) is 5.92 Å². The predicted molar refractivity (Wildman–Crippen MR) is 74.2 cm³/mol. The highest BCUT2D eigenvalue weighted by molar-refractivity contribution is 7.09. The fourth-order valence-electron chi connectivity index (χ4n) is 2.30. The zero-order valence-electron chi connectivity index (χ0n) is 10.8. The molecule has 1 heterocycles.